The van der Waals surface area contributed by atoms with Gasteiger partial charge in [0.2, 0.25) is 0 Å². The summed E-state index contributed by atoms with van der Waals surface area (Å²) in [4.78, 5) is 26.6. The number of carbonyl (C=O) groups is 1. The Hall–Kier alpha value is -3.15. The molecule has 0 unspecified atom stereocenters. The molecule has 0 aliphatic heterocycles. The lowest BCUT2D eigenvalue weighted by Crippen LogP contribution is -2.09. The number of para-hydroxylation sites is 2. The Kier molecular flexibility index (Phi) is 2.47. The fourth-order valence-electron chi connectivity index (χ4n) is 2.31. The van der Waals surface area contributed by atoms with Gasteiger partial charge in [0.25, 0.3) is 0 Å². The average Bonchev–Trinajstić information content (AvgIpc) is 3.15. The topological polar surface area (TPSA) is 83.7 Å². The lowest BCUT2D eigenvalue weighted by molar-refractivity contribution is 0.0738. The lowest BCUT2D eigenvalue weighted by Gasteiger charge is -2.05. The minimum Gasteiger partial charge on any atom is -0.420 e. The number of esters is 1. The van der Waals surface area contributed by atoms with E-state index >= 15 is 0 Å². The fraction of sp³-hybridized carbons (Fsp3) is 0. The van der Waals surface area contributed by atoms with Crippen LogP contribution < -0.4 is 4.74 Å². The Morgan fingerprint density at radius 2 is 1.57 bits per heavy atom. The number of nitrogens with one attached hydrogen (secondary N) is 2. The van der Waals surface area contributed by atoms with E-state index in [0.29, 0.717) is 22.3 Å². The number of aromatic amines is 2. The summed E-state index contributed by atoms with van der Waals surface area (Å²) in [5.41, 5.74) is 3.25. The first-order valence-corrected chi connectivity index (χ1v) is 6.39. The standard InChI is InChI=1S/C15H10N4O2/c20-15(9-3-1-4-10-13(9)18-7-16-10)21-12-6-2-5-11-14(12)19-8-17-11/h1-8H,(H,16,18)(H,17,19). The van der Waals surface area contributed by atoms with Gasteiger partial charge in [-0.25, -0.2) is 14.8 Å². The quantitative estimate of drug-likeness (QED) is 0.436. The first-order chi connectivity index (χ1) is 10.3. The number of nitrogens with zero attached hydrogens (tertiary/aromatic N) is 2. The summed E-state index contributed by atoms with van der Waals surface area (Å²) in [6, 6.07) is 10.7. The van der Waals surface area contributed by atoms with E-state index in [4.69, 9.17) is 4.74 Å². The molecule has 0 saturated heterocycles. The Bertz CT molecular complexity index is 954. The average molecular weight is 278 g/mol. The molecule has 21 heavy (non-hydrogen) atoms. The highest BCUT2D eigenvalue weighted by Gasteiger charge is 2.15. The highest BCUT2D eigenvalue weighted by atomic mass is 16.5. The van der Waals surface area contributed by atoms with Crippen LogP contribution in [0.4, 0.5) is 0 Å². The van der Waals surface area contributed by atoms with Crippen LogP contribution in [0.3, 0.4) is 0 Å². The molecule has 2 heterocycles. The minimum atomic E-state index is -0.455. The van der Waals surface area contributed by atoms with E-state index in [1.54, 1.807) is 36.9 Å². The SMILES string of the molecule is O=C(Oc1cccc2[nH]cnc12)c1cccc2[nH]cnc12. The fourth-order valence-corrected chi connectivity index (χ4v) is 2.31. The number of rotatable bonds is 2. The molecule has 2 N–H and O–H groups in total. The first-order valence-electron chi connectivity index (χ1n) is 6.39. The zero-order valence-corrected chi connectivity index (χ0v) is 10.8. The van der Waals surface area contributed by atoms with Crippen molar-refractivity contribution < 1.29 is 9.53 Å². The van der Waals surface area contributed by atoms with Crippen LogP contribution in [-0.4, -0.2) is 25.9 Å². The van der Waals surface area contributed by atoms with Crippen molar-refractivity contribution in [2.45, 2.75) is 0 Å². The number of carbonyl (C=O) groups excluding carboxylic acids is 1. The number of benzene rings is 2. The second-order valence-corrected chi connectivity index (χ2v) is 4.55. The van der Waals surface area contributed by atoms with Crippen molar-refractivity contribution in [1.82, 2.24) is 19.9 Å². The van der Waals surface area contributed by atoms with Gasteiger partial charge in [-0.2, -0.15) is 0 Å². The molecule has 0 atom stereocenters. The lowest BCUT2D eigenvalue weighted by atomic mass is 10.2. The number of fused-ring (bicyclic) bond motifs is 2. The van der Waals surface area contributed by atoms with Crippen LogP contribution in [0.15, 0.2) is 49.1 Å². The molecule has 0 spiro atoms. The maximum absolute atomic E-state index is 12.4. The molecule has 102 valence electrons. The first kappa shape index (κ1) is 11.7. The van der Waals surface area contributed by atoms with Crippen LogP contribution >= 0.6 is 0 Å². The normalized spacial score (nSPS) is 11.0. The summed E-state index contributed by atoms with van der Waals surface area (Å²) in [5.74, 6) is -0.0329. The van der Waals surface area contributed by atoms with E-state index in [1.165, 1.54) is 0 Å². The third kappa shape index (κ3) is 1.85. The monoisotopic (exact) mass is 278 g/mol. The number of imidazole rings is 2. The molecule has 0 fully saturated rings. The summed E-state index contributed by atoms with van der Waals surface area (Å²) >= 11 is 0. The molecule has 2 aromatic carbocycles. The Morgan fingerprint density at radius 3 is 2.38 bits per heavy atom. The maximum Gasteiger partial charge on any atom is 0.345 e. The Morgan fingerprint density at radius 1 is 0.905 bits per heavy atom. The van der Waals surface area contributed by atoms with E-state index in [1.807, 2.05) is 12.1 Å². The van der Waals surface area contributed by atoms with E-state index in [2.05, 4.69) is 19.9 Å². The van der Waals surface area contributed by atoms with Crippen molar-refractivity contribution in [3.63, 3.8) is 0 Å². The van der Waals surface area contributed by atoms with Crippen molar-refractivity contribution in [2.24, 2.45) is 0 Å². The second-order valence-electron chi connectivity index (χ2n) is 4.55. The van der Waals surface area contributed by atoms with Crippen molar-refractivity contribution in [1.29, 1.82) is 0 Å². The molecular formula is C15H10N4O2. The van der Waals surface area contributed by atoms with Gasteiger partial charge in [0.05, 0.1) is 29.3 Å². The molecule has 4 aromatic rings. The molecule has 0 aliphatic carbocycles. The number of aromatic nitrogens is 4. The van der Waals surface area contributed by atoms with Crippen LogP contribution in [0, 0.1) is 0 Å². The second kappa shape index (κ2) is 4.45. The van der Waals surface area contributed by atoms with Crippen LogP contribution in [0.2, 0.25) is 0 Å². The largest absolute Gasteiger partial charge is 0.420 e. The summed E-state index contributed by atoms with van der Waals surface area (Å²) in [5, 5.41) is 0. The van der Waals surface area contributed by atoms with Gasteiger partial charge in [0.1, 0.15) is 11.0 Å². The number of hydrogen-bond donors (Lipinski definition) is 2. The van der Waals surface area contributed by atoms with Gasteiger partial charge in [-0.3, -0.25) is 0 Å². The predicted octanol–water partition coefficient (Wildman–Crippen LogP) is 2.66. The third-order valence-corrected chi connectivity index (χ3v) is 3.28. The van der Waals surface area contributed by atoms with Crippen molar-refractivity contribution in [3.8, 4) is 5.75 Å². The molecule has 2 aromatic heterocycles. The van der Waals surface area contributed by atoms with Gasteiger partial charge in [-0.05, 0) is 24.3 Å². The van der Waals surface area contributed by atoms with E-state index in [-0.39, 0.29) is 0 Å². The molecule has 0 bridgehead atoms. The smallest absolute Gasteiger partial charge is 0.345 e. The highest BCUT2D eigenvalue weighted by Crippen LogP contribution is 2.24. The van der Waals surface area contributed by atoms with Crippen molar-refractivity contribution in [2.75, 3.05) is 0 Å². The Labute approximate surface area is 118 Å². The molecule has 6 heteroatoms. The molecule has 4 rings (SSSR count). The van der Waals surface area contributed by atoms with Gasteiger partial charge < -0.3 is 14.7 Å². The molecular weight excluding hydrogens is 268 g/mol. The van der Waals surface area contributed by atoms with Gasteiger partial charge in [-0.1, -0.05) is 12.1 Å². The van der Waals surface area contributed by atoms with Crippen LogP contribution in [0.5, 0.6) is 5.75 Å². The van der Waals surface area contributed by atoms with Crippen LogP contribution in [-0.2, 0) is 0 Å². The summed E-state index contributed by atoms with van der Waals surface area (Å²) in [6.07, 6.45) is 3.12. The predicted molar refractivity (Wildman–Crippen MR) is 77.1 cm³/mol. The maximum atomic E-state index is 12.4. The zero-order valence-electron chi connectivity index (χ0n) is 10.8. The molecule has 0 amide bonds. The Balaban J connectivity index is 1.76. The molecule has 0 radical (unpaired) electrons. The van der Waals surface area contributed by atoms with Gasteiger partial charge in [0.15, 0.2) is 5.75 Å². The van der Waals surface area contributed by atoms with Crippen LogP contribution in [0.25, 0.3) is 22.1 Å². The zero-order chi connectivity index (χ0) is 14.2. The van der Waals surface area contributed by atoms with E-state index < -0.39 is 5.97 Å². The number of hydrogen-bond acceptors (Lipinski definition) is 4. The van der Waals surface area contributed by atoms with Crippen LogP contribution in [0.1, 0.15) is 10.4 Å². The molecule has 0 aliphatic rings. The van der Waals surface area contributed by atoms with E-state index in [0.717, 1.165) is 11.0 Å². The third-order valence-electron chi connectivity index (χ3n) is 3.28. The van der Waals surface area contributed by atoms with E-state index in [9.17, 15) is 4.79 Å². The highest BCUT2D eigenvalue weighted by molar-refractivity contribution is 6.03. The minimum absolute atomic E-state index is 0.418. The van der Waals surface area contributed by atoms with Crippen molar-refractivity contribution in [3.05, 3.63) is 54.6 Å². The number of ether oxygens (including phenoxy) is 1. The van der Waals surface area contributed by atoms with Gasteiger partial charge in [-0.15, -0.1) is 0 Å². The van der Waals surface area contributed by atoms with Gasteiger partial charge >= 0.3 is 5.97 Å². The summed E-state index contributed by atoms with van der Waals surface area (Å²) in [6.45, 7) is 0. The number of H-pyrrole nitrogens is 2. The molecule has 0 saturated carbocycles. The summed E-state index contributed by atoms with van der Waals surface area (Å²) in [7, 11) is 0. The van der Waals surface area contributed by atoms with Crippen molar-refractivity contribution >= 4 is 28.0 Å². The molecule has 6 nitrogen and oxygen atoms in total. The van der Waals surface area contributed by atoms with Gasteiger partial charge in [0, 0.05) is 0 Å². The summed E-state index contributed by atoms with van der Waals surface area (Å²) < 4.78 is 5.47.